The van der Waals surface area contributed by atoms with Gasteiger partial charge >= 0.3 is 12.1 Å². The van der Waals surface area contributed by atoms with E-state index in [4.69, 9.17) is 9.84 Å². The van der Waals surface area contributed by atoms with Crippen molar-refractivity contribution < 1.29 is 33.8 Å². The van der Waals surface area contributed by atoms with Crippen LogP contribution >= 0.6 is 0 Å². The normalized spacial score (nSPS) is 23.2. The Kier molecular flexibility index (Phi) is 6.96. The number of nitrogens with zero attached hydrogens (tertiary/aromatic N) is 2. The van der Waals surface area contributed by atoms with E-state index in [0.29, 0.717) is 5.56 Å². The Morgan fingerprint density at radius 3 is 2.53 bits per heavy atom. The number of amides is 4. The first-order chi connectivity index (χ1) is 15.2. The number of ether oxygens (including phenoxy) is 1. The van der Waals surface area contributed by atoms with Crippen molar-refractivity contribution in [1.29, 1.82) is 0 Å². The molecule has 4 amide bonds. The molecule has 0 aromatic heterocycles. The lowest BCUT2D eigenvalue weighted by molar-refractivity contribution is -0.147. The molecule has 11 nitrogen and oxygen atoms in total. The average molecular weight is 446 g/mol. The number of hydrogen-bond donors (Lipinski definition) is 3. The maximum Gasteiger partial charge on any atom is 0.411 e. The van der Waals surface area contributed by atoms with Gasteiger partial charge in [0.2, 0.25) is 11.8 Å². The lowest BCUT2D eigenvalue weighted by atomic mass is 10.1. The van der Waals surface area contributed by atoms with Gasteiger partial charge in [0, 0.05) is 25.1 Å². The van der Waals surface area contributed by atoms with Crippen molar-refractivity contribution in [3.63, 3.8) is 0 Å². The Balaban J connectivity index is 1.78. The van der Waals surface area contributed by atoms with Crippen LogP contribution in [0.1, 0.15) is 30.1 Å². The van der Waals surface area contributed by atoms with E-state index in [9.17, 15) is 24.0 Å². The number of aliphatic carboxylic acids is 1. The van der Waals surface area contributed by atoms with Crippen LogP contribution in [0.5, 0.6) is 0 Å². The minimum atomic E-state index is -1.05. The average Bonchev–Trinajstić information content (AvgIpc) is 3.12. The molecule has 172 valence electrons. The Morgan fingerprint density at radius 1 is 1.22 bits per heavy atom. The Labute approximate surface area is 184 Å². The molecule has 0 spiro atoms. The van der Waals surface area contributed by atoms with E-state index in [1.54, 1.807) is 30.3 Å². The number of carboxylic acids is 1. The molecule has 4 unspecified atom stereocenters. The maximum absolute atomic E-state index is 13.2. The maximum atomic E-state index is 13.2. The van der Waals surface area contributed by atoms with Gasteiger partial charge in [-0.2, -0.15) is 0 Å². The summed E-state index contributed by atoms with van der Waals surface area (Å²) in [6.45, 7) is 1.54. The zero-order valence-electron chi connectivity index (χ0n) is 17.8. The number of methoxy groups -OCH3 is 1. The van der Waals surface area contributed by atoms with Crippen LogP contribution in [0.25, 0.3) is 0 Å². The first kappa shape index (κ1) is 23.0. The second kappa shape index (κ2) is 9.67. The minimum absolute atomic E-state index is 0.0910. The van der Waals surface area contributed by atoms with Crippen molar-refractivity contribution in [2.75, 3.05) is 20.2 Å². The number of carbonyl (C=O) groups excluding carboxylic acids is 4. The van der Waals surface area contributed by atoms with Crippen LogP contribution in [0.2, 0.25) is 0 Å². The van der Waals surface area contributed by atoms with Crippen molar-refractivity contribution in [3.05, 3.63) is 35.9 Å². The van der Waals surface area contributed by atoms with Crippen LogP contribution in [0.3, 0.4) is 0 Å². The smallest absolute Gasteiger partial charge is 0.411 e. The van der Waals surface area contributed by atoms with Crippen LogP contribution in [0, 0.1) is 5.92 Å². The molecule has 0 bridgehead atoms. The number of rotatable bonds is 6. The highest BCUT2D eigenvalue weighted by atomic mass is 16.5. The Morgan fingerprint density at radius 2 is 1.91 bits per heavy atom. The van der Waals surface area contributed by atoms with Crippen molar-refractivity contribution in [1.82, 2.24) is 20.4 Å². The van der Waals surface area contributed by atoms with Crippen LogP contribution in [-0.2, 0) is 19.1 Å². The monoisotopic (exact) mass is 446 g/mol. The van der Waals surface area contributed by atoms with Gasteiger partial charge < -0.3 is 25.4 Å². The molecule has 11 heteroatoms. The number of nitrogens with one attached hydrogen (secondary N) is 2. The van der Waals surface area contributed by atoms with Crippen molar-refractivity contribution in [2.24, 2.45) is 5.92 Å². The third kappa shape index (κ3) is 4.66. The van der Waals surface area contributed by atoms with Crippen LogP contribution in [0.4, 0.5) is 4.79 Å². The van der Waals surface area contributed by atoms with Gasteiger partial charge in [-0.05, 0) is 18.6 Å². The summed E-state index contributed by atoms with van der Waals surface area (Å²) in [7, 11) is 1.23. The summed E-state index contributed by atoms with van der Waals surface area (Å²) < 4.78 is 4.82. The fourth-order valence-corrected chi connectivity index (χ4v) is 3.94. The molecule has 0 saturated carbocycles. The number of carbonyl (C=O) groups is 5. The fraction of sp³-hybridized carbons (Fsp3) is 0.476. The Hall–Kier alpha value is -3.63. The molecule has 3 N–H and O–H groups in total. The standard InChI is InChI=1S/C21H26N4O7/c1-12(20(29)30)11-22-18(27)15-8-9-24(21(31)32-2)16-10-14(19(28)25(15)16)23-17(26)13-6-4-3-5-7-13/h3-7,12,14-16H,8-11H2,1-2H3,(H,22,27)(H,23,26)(H,29,30). The zero-order chi connectivity index (χ0) is 23.4. The third-order valence-corrected chi connectivity index (χ3v) is 5.72. The molecule has 2 heterocycles. The SMILES string of the molecule is COC(=O)N1CCC(C(=O)NCC(C)C(=O)O)N2C(=O)C(NC(=O)c3ccccc3)CC12. The van der Waals surface area contributed by atoms with Crippen molar-refractivity contribution in [2.45, 2.75) is 38.0 Å². The molecule has 32 heavy (non-hydrogen) atoms. The molecule has 2 fully saturated rings. The van der Waals surface area contributed by atoms with E-state index in [0.717, 1.165) is 0 Å². The first-order valence-corrected chi connectivity index (χ1v) is 10.3. The van der Waals surface area contributed by atoms with Crippen LogP contribution in [-0.4, -0.2) is 83.1 Å². The summed E-state index contributed by atoms with van der Waals surface area (Å²) in [5, 5.41) is 14.3. The number of fused-ring (bicyclic) bond motifs is 1. The van der Waals surface area contributed by atoms with Crippen molar-refractivity contribution in [3.8, 4) is 0 Å². The zero-order valence-corrected chi connectivity index (χ0v) is 17.8. The Bertz CT molecular complexity index is 907. The van der Waals surface area contributed by atoms with Crippen LogP contribution < -0.4 is 10.6 Å². The molecular formula is C21H26N4O7. The first-order valence-electron chi connectivity index (χ1n) is 10.3. The van der Waals surface area contributed by atoms with Gasteiger partial charge in [0.1, 0.15) is 18.2 Å². The minimum Gasteiger partial charge on any atom is -0.481 e. The summed E-state index contributed by atoms with van der Waals surface area (Å²) >= 11 is 0. The van der Waals surface area contributed by atoms with E-state index in [1.807, 2.05) is 0 Å². The van der Waals surface area contributed by atoms with Gasteiger partial charge in [-0.1, -0.05) is 25.1 Å². The van der Waals surface area contributed by atoms with E-state index in [1.165, 1.54) is 23.8 Å². The number of hydrogen-bond acceptors (Lipinski definition) is 6. The van der Waals surface area contributed by atoms with Crippen LogP contribution in [0.15, 0.2) is 30.3 Å². The van der Waals surface area contributed by atoms with Gasteiger partial charge in [-0.25, -0.2) is 4.79 Å². The summed E-state index contributed by atoms with van der Waals surface area (Å²) in [6, 6.07) is 6.57. The van der Waals surface area contributed by atoms with Crippen molar-refractivity contribution >= 4 is 29.8 Å². The van der Waals surface area contributed by atoms with Gasteiger partial charge in [-0.3, -0.25) is 24.1 Å². The highest BCUT2D eigenvalue weighted by Crippen LogP contribution is 2.31. The lowest BCUT2D eigenvalue weighted by Crippen LogP contribution is -2.62. The van der Waals surface area contributed by atoms with E-state index in [-0.39, 0.29) is 25.9 Å². The largest absolute Gasteiger partial charge is 0.481 e. The lowest BCUT2D eigenvalue weighted by Gasteiger charge is -2.43. The molecule has 2 aliphatic rings. The highest BCUT2D eigenvalue weighted by Gasteiger charge is 2.52. The third-order valence-electron chi connectivity index (χ3n) is 5.72. The quantitative estimate of drug-likeness (QED) is 0.558. The molecule has 0 radical (unpaired) electrons. The van der Waals surface area contributed by atoms with E-state index < -0.39 is 54.0 Å². The topological polar surface area (TPSA) is 145 Å². The molecule has 2 saturated heterocycles. The summed E-state index contributed by atoms with van der Waals surface area (Å²) in [5.74, 6) is -3.28. The van der Waals surface area contributed by atoms with Gasteiger partial charge in [-0.15, -0.1) is 0 Å². The molecule has 0 aliphatic carbocycles. The summed E-state index contributed by atoms with van der Waals surface area (Å²) in [5.41, 5.74) is 0.381. The molecule has 1 aromatic carbocycles. The van der Waals surface area contributed by atoms with Gasteiger partial charge in [0.15, 0.2) is 0 Å². The second-order valence-electron chi connectivity index (χ2n) is 7.81. The van der Waals surface area contributed by atoms with E-state index in [2.05, 4.69) is 10.6 Å². The molecular weight excluding hydrogens is 420 g/mol. The fourth-order valence-electron chi connectivity index (χ4n) is 3.94. The summed E-state index contributed by atoms with van der Waals surface area (Å²) in [6.07, 6.45) is -1.15. The molecule has 4 atom stereocenters. The molecule has 2 aliphatic heterocycles. The number of benzene rings is 1. The molecule has 1 aromatic rings. The highest BCUT2D eigenvalue weighted by molar-refractivity contribution is 5.99. The number of carboxylic acid groups (broad SMARTS) is 1. The predicted octanol–water partition coefficient (Wildman–Crippen LogP) is 0.0210. The van der Waals surface area contributed by atoms with Gasteiger partial charge in [0.05, 0.1) is 13.0 Å². The molecule has 3 rings (SSSR count). The van der Waals surface area contributed by atoms with E-state index >= 15 is 0 Å². The van der Waals surface area contributed by atoms with Gasteiger partial charge in [0.25, 0.3) is 5.91 Å². The summed E-state index contributed by atoms with van der Waals surface area (Å²) in [4.78, 5) is 64.4. The second-order valence-corrected chi connectivity index (χ2v) is 7.81. The predicted molar refractivity (Wildman–Crippen MR) is 110 cm³/mol.